The third-order valence-corrected chi connectivity index (χ3v) is 4.23. The molecule has 0 aliphatic rings. The Morgan fingerprint density at radius 1 is 0.469 bits per heavy atom. The topological polar surface area (TPSA) is 201 Å². The van der Waals surface area contributed by atoms with Gasteiger partial charge in [0.15, 0.2) is 0 Å². The molecule has 3 rings (SSSR count). The average molecular weight is 438 g/mol. The first-order valence-corrected chi connectivity index (χ1v) is 8.84. The largest absolute Gasteiger partial charge is 0.478 e. The quantitative estimate of drug-likeness (QED) is 0.321. The molecule has 3 aromatic rings. The Morgan fingerprint density at radius 2 is 0.750 bits per heavy atom. The van der Waals surface area contributed by atoms with Crippen LogP contribution < -0.4 is 11.5 Å². The Kier molecular flexibility index (Phi) is 7.14. The molecule has 0 fully saturated rings. The molecule has 0 aliphatic heterocycles. The van der Waals surface area contributed by atoms with Gasteiger partial charge in [0.2, 0.25) is 0 Å². The molecule has 8 N–H and O–H groups in total. The third kappa shape index (κ3) is 5.60. The molecule has 3 aromatic carbocycles. The molecule has 0 radical (unpaired) electrons. The van der Waals surface area contributed by atoms with Crippen LogP contribution in [0.15, 0.2) is 60.7 Å². The Labute approximate surface area is 181 Å². The second kappa shape index (κ2) is 9.76. The summed E-state index contributed by atoms with van der Waals surface area (Å²) in [5.74, 6) is -5.72. The van der Waals surface area contributed by atoms with Gasteiger partial charge in [-0.3, -0.25) is 0 Å². The summed E-state index contributed by atoms with van der Waals surface area (Å²) < 4.78 is 0. The summed E-state index contributed by atoms with van der Waals surface area (Å²) >= 11 is 0. The molecule has 0 aromatic heterocycles. The first-order chi connectivity index (χ1) is 15.0. The van der Waals surface area contributed by atoms with Crippen LogP contribution >= 0.6 is 0 Å². The van der Waals surface area contributed by atoms with Gasteiger partial charge in [-0.15, -0.1) is 0 Å². The standard InChI is InChI=1S/C16H10O8.C6H8N2/c17-13(18)9-3-1-7(5-11(9)15(21)22)8-2-4-10(14(19)20)12(6-8)16(23)24;7-5-1-2-6(8)4-3-5/h1-6H,(H,17,18)(H,19,20)(H,21,22)(H,23,24);1-4H,7-8H2. The molecule has 0 aliphatic carbocycles. The zero-order valence-corrected chi connectivity index (χ0v) is 16.4. The lowest BCUT2D eigenvalue weighted by Gasteiger charge is -2.09. The number of rotatable bonds is 5. The minimum atomic E-state index is -1.45. The van der Waals surface area contributed by atoms with E-state index < -0.39 is 46.1 Å². The summed E-state index contributed by atoms with van der Waals surface area (Å²) in [6, 6.07) is 14.1. The van der Waals surface area contributed by atoms with Gasteiger partial charge in [0.1, 0.15) is 0 Å². The van der Waals surface area contributed by atoms with E-state index in [2.05, 4.69) is 0 Å². The zero-order chi connectivity index (χ0) is 24.0. The maximum atomic E-state index is 11.2. The molecule has 0 atom stereocenters. The molecule has 0 unspecified atom stereocenters. The molecular formula is C22H18N2O8. The van der Waals surface area contributed by atoms with Gasteiger partial charge in [0.25, 0.3) is 0 Å². The van der Waals surface area contributed by atoms with Crippen LogP contribution in [0.3, 0.4) is 0 Å². The van der Waals surface area contributed by atoms with E-state index in [-0.39, 0.29) is 11.1 Å². The number of aromatic carboxylic acids is 4. The Bertz CT molecular complexity index is 1110. The number of nitrogens with two attached hydrogens (primary N) is 2. The zero-order valence-electron chi connectivity index (χ0n) is 16.4. The molecule has 10 heteroatoms. The molecule has 164 valence electrons. The number of nitrogen functional groups attached to an aromatic ring is 2. The summed E-state index contributed by atoms with van der Waals surface area (Å²) in [4.78, 5) is 44.4. The molecule has 0 bridgehead atoms. The predicted octanol–water partition coefficient (Wildman–Crippen LogP) is 3.00. The van der Waals surface area contributed by atoms with Gasteiger partial charge < -0.3 is 31.9 Å². The average Bonchev–Trinajstić information content (AvgIpc) is 2.75. The molecule has 0 amide bonds. The van der Waals surface area contributed by atoms with E-state index in [1.807, 2.05) is 0 Å². The van der Waals surface area contributed by atoms with Crippen LogP contribution in [-0.4, -0.2) is 44.3 Å². The lowest BCUT2D eigenvalue weighted by atomic mass is 9.96. The van der Waals surface area contributed by atoms with E-state index in [1.54, 1.807) is 24.3 Å². The van der Waals surface area contributed by atoms with Crippen molar-refractivity contribution in [3.8, 4) is 11.1 Å². The first kappa shape index (κ1) is 23.4. The van der Waals surface area contributed by atoms with E-state index in [0.717, 1.165) is 35.6 Å². The fraction of sp³-hybridized carbons (Fsp3) is 0. The van der Waals surface area contributed by atoms with Gasteiger partial charge in [0.05, 0.1) is 22.3 Å². The van der Waals surface area contributed by atoms with Crippen LogP contribution in [0.25, 0.3) is 11.1 Å². The lowest BCUT2D eigenvalue weighted by molar-refractivity contribution is 0.0651. The van der Waals surface area contributed by atoms with E-state index >= 15 is 0 Å². The molecule has 0 saturated heterocycles. The number of benzene rings is 3. The van der Waals surface area contributed by atoms with Crippen LogP contribution in [-0.2, 0) is 0 Å². The highest BCUT2D eigenvalue weighted by atomic mass is 16.4. The molecule has 10 nitrogen and oxygen atoms in total. The second-order valence-electron chi connectivity index (χ2n) is 6.41. The smallest absolute Gasteiger partial charge is 0.336 e. The lowest BCUT2D eigenvalue weighted by Crippen LogP contribution is -2.09. The van der Waals surface area contributed by atoms with Crippen molar-refractivity contribution >= 4 is 35.3 Å². The summed E-state index contributed by atoms with van der Waals surface area (Å²) in [5, 5.41) is 36.2. The van der Waals surface area contributed by atoms with Crippen molar-refractivity contribution in [2.24, 2.45) is 0 Å². The number of carboxylic acid groups (broad SMARTS) is 4. The fourth-order valence-corrected chi connectivity index (χ4v) is 2.67. The third-order valence-electron chi connectivity index (χ3n) is 4.23. The predicted molar refractivity (Wildman–Crippen MR) is 115 cm³/mol. The highest BCUT2D eigenvalue weighted by molar-refractivity contribution is 6.04. The second-order valence-corrected chi connectivity index (χ2v) is 6.41. The highest BCUT2D eigenvalue weighted by Gasteiger charge is 2.19. The maximum absolute atomic E-state index is 11.2. The molecule has 32 heavy (non-hydrogen) atoms. The Balaban J connectivity index is 0.000000380. The SMILES string of the molecule is Nc1ccc(N)cc1.O=C(O)c1ccc(-c2ccc(C(=O)O)c(C(=O)O)c2)cc1C(=O)O. The molecule has 0 heterocycles. The van der Waals surface area contributed by atoms with Crippen LogP contribution in [0.1, 0.15) is 41.4 Å². The summed E-state index contributed by atoms with van der Waals surface area (Å²) in [6.07, 6.45) is 0. The van der Waals surface area contributed by atoms with Gasteiger partial charge >= 0.3 is 23.9 Å². The van der Waals surface area contributed by atoms with Gasteiger partial charge in [-0.2, -0.15) is 0 Å². The fourth-order valence-electron chi connectivity index (χ4n) is 2.67. The van der Waals surface area contributed by atoms with Crippen molar-refractivity contribution in [1.82, 2.24) is 0 Å². The maximum Gasteiger partial charge on any atom is 0.336 e. The van der Waals surface area contributed by atoms with E-state index in [9.17, 15) is 19.2 Å². The van der Waals surface area contributed by atoms with Crippen LogP contribution in [0.2, 0.25) is 0 Å². The summed E-state index contributed by atoms with van der Waals surface area (Å²) in [7, 11) is 0. The number of carboxylic acids is 4. The van der Waals surface area contributed by atoms with E-state index in [4.69, 9.17) is 31.9 Å². The number of carbonyl (C=O) groups is 4. The molecule has 0 spiro atoms. The van der Waals surface area contributed by atoms with Crippen molar-refractivity contribution in [2.75, 3.05) is 11.5 Å². The van der Waals surface area contributed by atoms with E-state index in [0.29, 0.717) is 0 Å². The van der Waals surface area contributed by atoms with Crippen molar-refractivity contribution in [1.29, 1.82) is 0 Å². The van der Waals surface area contributed by atoms with Gasteiger partial charge in [0, 0.05) is 11.4 Å². The molecular weight excluding hydrogens is 420 g/mol. The van der Waals surface area contributed by atoms with Crippen LogP contribution in [0.4, 0.5) is 11.4 Å². The van der Waals surface area contributed by atoms with Gasteiger partial charge in [-0.25, -0.2) is 19.2 Å². The van der Waals surface area contributed by atoms with Gasteiger partial charge in [-0.1, -0.05) is 12.1 Å². The van der Waals surface area contributed by atoms with Crippen molar-refractivity contribution < 1.29 is 39.6 Å². The van der Waals surface area contributed by atoms with Gasteiger partial charge in [-0.05, 0) is 59.7 Å². The summed E-state index contributed by atoms with van der Waals surface area (Å²) in [5.41, 5.74) is 11.0. The highest BCUT2D eigenvalue weighted by Crippen LogP contribution is 2.26. The molecule has 0 saturated carbocycles. The Hall–Kier alpha value is -4.86. The normalized spacial score (nSPS) is 9.88. The Morgan fingerprint density at radius 3 is 1.00 bits per heavy atom. The van der Waals surface area contributed by atoms with Crippen molar-refractivity contribution in [3.63, 3.8) is 0 Å². The van der Waals surface area contributed by atoms with Crippen LogP contribution in [0.5, 0.6) is 0 Å². The minimum absolute atomic E-state index is 0.247. The monoisotopic (exact) mass is 438 g/mol. The van der Waals surface area contributed by atoms with Crippen LogP contribution in [0, 0.1) is 0 Å². The summed E-state index contributed by atoms with van der Waals surface area (Å²) in [6.45, 7) is 0. The number of hydrogen-bond donors (Lipinski definition) is 6. The van der Waals surface area contributed by atoms with Crippen molar-refractivity contribution in [3.05, 3.63) is 82.9 Å². The first-order valence-electron chi connectivity index (χ1n) is 8.84. The number of hydrogen-bond acceptors (Lipinski definition) is 6. The number of anilines is 2. The minimum Gasteiger partial charge on any atom is -0.478 e. The van der Waals surface area contributed by atoms with E-state index in [1.165, 1.54) is 12.1 Å². The van der Waals surface area contributed by atoms with Crippen molar-refractivity contribution in [2.45, 2.75) is 0 Å².